The first kappa shape index (κ1) is 22.5. The number of halogens is 3. The topological polar surface area (TPSA) is 61.4 Å². The van der Waals surface area contributed by atoms with Gasteiger partial charge in [0.25, 0.3) is 5.91 Å². The first-order valence-electron chi connectivity index (χ1n) is 10.3. The van der Waals surface area contributed by atoms with Gasteiger partial charge in [-0.3, -0.25) is 14.7 Å². The van der Waals surface area contributed by atoms with E-state index in [4.69, 9.17) is 0 Å². The number of carbonyl (C=O) groups is 1. The molecule has 0 aliphatic carbocycles. The summed E-state index contributed by atoms with van der Waals surface area (Å²) in [4.78, 5) is 25.4. The van der Waals surface area contributed by atoms with E-state index in [0.29, 0.717) is 26.2 Å². The lowest BCUT2D eigenvalue weighted by atomic mass is 10.1. The molecule has 1 fully saturated rings. The van der Waals surface area contributed by atoms with Crippen molar-refractivity contribution in [2.75, 3.05) is 38.1 Å². The highest BCUT2D eigenvalue weighted by molar-refractivity contribution is 7.17. The zero-order valence-corrected chi connectivity index (χ0v) is 18.8. The van der Waals surface area contributed by atoms with Gasteiger partial charge in [0.15, 0.2) is 0 Å². The summed E-state index contributed by atoms with van der Waals surface area (Å²) in [5.74, 6) is -0.201. The number of piperazine rings is 1. The lowest BCUT2D eigenvalue weighted by Crippen LogP contribution is -2.47. The summed E-state index contributed by atoms with van der Waals surface area (Å²) in [6, 6.07) is 7.13. The van der Waals surface area contributed by atoms with Crippen LogP contribution >= 0.6 is 11.3 Å². The van der Waals surface area contributed by atoms with E-state index in [2.05, 4.69) is 27.1 Å². The molecule has 0 saturated carbocycles. The highest BCUT2D eigenvalue weighted by Gasteiger charge is 2.36. The highest BCUT2D eigenvalue weighted by Crippen LogP contribution is 2.40. The van der Waals surface area contributed by atoms with Crippen LogP contribution in [0.25, 0.3) is 10.2 Å². The number of alkyl halides is 3. The molecule has 10 heteroatoms. The quantitative estimate of drug-likeness (QED) is 0.627. The molecule has 1 amide bonds. The predicted molar refractivity (Wildman–Crippen MR) is 119 cm³/mol. The number of anilines is 1. The molecule has 32 heavy (non-hydrogen) atoms. The van der Waals surface area contributed by atoms with Crippen LogP contribution in [0.3, 0.4) is 0 Å². The second-order valence-electron chi connectivity index (χ2n) is 7.83. The fourth-order valence-electron chi connectivity index (χ4n) is 3.99. The van der Waals surface area contributed by atoms with Crippen molar-refractivity contribution in [3.63, 3.8) is 0 Å². The van der Waals surface area contributed by atoms with Crippen LogP contribution in [-0.2, 0) is 6.18 Å². The van der Waals surface area contributed by atoms with Crippen molar-refractivity contribution in [3.05, 3.63) is 52.2 Å². The molecular formula is C22H24F3N5OS. The molecule has 0 radical (unpaired) electrons. The van der Waals surface area contributed by atoms with Gasteiger partial charge in [0.2, 0.25) is 0 Å². The Morgan fingerprint density at radius 1 is 1.19 bits per heavy atom. The Bertz CT molecular complexity index is 1140. The molecule has 1 aliphatic heterocycles. The molecule has 6 nitrogen and oxygen atoms in total. The fraction of sp³-hybridized carbons (Fsp3) is 0.409. The summed E-state index contributed by atoms with van der Waals surface area (Å²) in [5, 5.41) is 3.91. The van der Waals surface area contributed by atoms with E-state index in [1.807, 2.05) is 30.0 Å². The molecule has 0 spiro atoms. The van der Waals surface area contributed by atoms with E-state index in [-0.39, 0.29) is 27.6 Å². The van der Waals surface area contributed by atoms with Gasteiger partial charge in [-0.25, -0.2) is 4.98 Å². The highest BCUT2D eigenvalue weighted by atomic mass is 32.1. The minimum absolute atomic E-state index is 0.0161. The van der Waals surface area contributed by atoms with E-state index in [1.54, 1.807) is 0 Å². The van der Waals surface area contributed by atoms with Gasteiger partial charge in [-0.2, -0.15) is 13.2 Å². The number of thiophene rings is 1. The molecule has 170 valence electrons. The van der Waals surface area contributed by atoms with Crippen molar-refractivity contribution in [2.45, 2.75) is 26.1 Å². The Morgan fingerprint density at radius 2 is 1.91 bits per heavy atom. The normalized spacial score (nSPS) is 16.4. The smallest absolute Gasteiger partial charge is 0.355 e. The molecule has 1 N–H and O–H groups in total. The summed E-state index contributed by atoms with van der Waals surface area (Å²) in [6.07, 6.45) is -4.53. The maximum absolute atomic E-state index is 13.8. The number of nitrogens with one attached hydrogen (secondary N) is 1. The number of pyridine rings is 2. The Morgan fingerprint density at radius 3 is 2.53 bits per heavy atom. The van der Waals surface area contributed by atoms with Crippen LogP contribution in [-0.4, -0.2) is 54.0 Å². The summed E-state index contributed by atoms with van der Waals surface area (Å²) >= 11 is 0.893. The van der Waals surface area contributed by atoms with Gasteiger partial charge in [0.1, 0.15) is 5.82 Å². The van der Waals surface area contributed by atoms with Crippen molar-refractivity contribution in [1.29, 1.82) is 0 Å². The molecule has 0 aromatic carbocycles. The van der Waals surface area contributed by atoms with Crippen LogP contribution in [0.15, 0.2) is 29.6 Å². The summed E-state index contributed by atoms with van der Waals surface area (Å²) < 4.78 is 41.4. The number of fused-ring (bicyclic) bond motifs is 1. The standard InChI is InChI=1S/C22H24F3N5OS/c1-13-5-4-6-17(27-13)14(2)29-7-9-30(10-8-29)18-11-16(22(23,24)25)20-19(28-18)15(12-32-20)21(31)26-3/h4-6,11-12,14H,7-10H2,1-3H3,(H,26,31). The first-order chi connectivity index (χ1) is 15.2. The monoisotopic (exact) mass is 463 g/mol. The number of nitrogens with zero attached hydrogens (tertiary/aromatic N) is 4. The molecule has 4 rings (SSSR count). The maximum atomic E-state index is 13.8. The molecule has 1 atom stereocenters. The molecule has 3 aromatic rings. The second-order valence-corrected chi connectivity index (χ2v) is 8.71. The molecule has 0 bridgehead atoms. The molecule has 3 aromatic heterocycles. The molecule has 1 saturated heterocycles. The molecule has 1 aliphatic rings. The lowest BCUT2D eigenvalue weighted by molar-refractivity contribution is -0.136. The second kappa shape index (κ2) is 8.67. The first-order valence-corrected chi connectivity index (χ1v) is 11.2. The largest absolute Gasteiger partial charge is 0.417 e. The van der Waals surface area contributed by atoms with Gasteiger partial charge in [-0.1, -0.05) is 6.07 Å². The Balaban J connectivity index is 1.61. The zero-order chi connectivity index (χ0) is 23.0. The van der Waals surface area contributed by atoms with Crippen molar-refractivity contribution >= 4 is 33.3 Å². The van der Waals surface area contributed by atoms with Crippen LogP contribution in [0.5, 0.6) is 0 Å². The SMILES string of the molecule is CNC(=O)c1csc2c(C(F)(F)F)cc(N3CCN(C(C)c4cccc(C)n4)CC3)nc12. The number of aromatic nitrogens is 2. The number of rotatable bonds is 4. The van der Waals surface area contributed by atoms with Crippen LogP contribution in [0.1, 0.15) is 40.3 Å². The third kappa shape index (κ3) is 4.29. The number of aryl methyl sites for hydroxylation is 1. The summed E-state index contributed by atoms with van der Waals surface area (Å²) in [5.41, 5.74) is 1.44. The average Bonchev–Trinajstić information content (AvgIpc) is 3.20. The number of hydrogen-bond donors (Lipinski definition) is 1. The number of amides is 1. The van der Waals surface area contributed by atoms with Crippen LogP contribution in [0.2, 0.25) is 0 Å². The van der Waals surface area contributed by atoms with E-state index in [1.165, 1.54) is 12.4 Å². The summed E-state index contributed by atoms with van der Waals surface area (Å²) in [7, 11) is 1.45. The third-order valence-corrected chi connectivity index (χ3v) is 6.81. The Labute approximate surface area is 188 Å². The Hall–Kier alpha value is -2.72. The summed E-state index contributed by atoms with van der Waals surface area (Å²) in [6.45, 7) is 6.45. The zero-order valence-electron chi connectivity index (χ0n) is 18.0. The van der Waals surface area contributed by atoms with Crippen LogP contribution in [0, 0.1) is 6.92 Å². The lowest BCUT2D eigenvalue weighted by Gasteiger charge is -2.38. The predicted octanol–water partition coefficient (Wildman–Crippen LogP) is 4.26. The van der Waals surface area contributed by atoms with Crippen LogP contribution in [0.4, 0.5) is 19.0 Å². The molecule has 4 heterocycles. The number of hydrogen-bond acceptors (Lipinski definition) is 6. The van der Waals surface area contributed by atoms with Crippen molar-refractivity contribution in [2.24, 2.45) is 0 Å². The molecule has 1 unspecified atom stereocenters. The average molecular weight is 464 g/mol. The van der Waals surface area contributed by atoms with Gasteiger partial charge in [-0.15, -0.1) is 11.3 Å². The van der Waals surface area contributed by atoms with Crippen molar-refractivity contribution in [1.82, 2.24) is 20.2 Å². The van der Waals surface area contributed by atoms with E-state index >= 15 is 0 Å². The van der Waals surface area contributed by atoms with Crippen LogP contribution < -0.4 is 10.2 Å². The van der Waals surface area contributed by atoms with E-state index in [0.717, 1.165) is 28.8 Å². The van der Waals surface area contributed by atoms with Crippen molar-refractivity contribution in [3.8, 4) is 0 Å². The van der Waals surface area contributed by atoms with Crippen molar-refractivity contribution < 1.29 is 18.0 Å². The number of carbonyl (C=O) groups excluding carboxylic acids is 1. The minimum Gasteiger partial charge on any atom is -0.355 e. The van der Waals surface area contributed by atoms with E-state index < -0.39 is 17.6 Å². The van der Waals surface area contributed by atoms with E-state index in [9.17, 15) is 18.0 Å². The van der Waals surface area contributed by atoms with Gasteiger partial charge in [0, 0.05) is 50.3 Å². The maximum Gasteiger partial charge on any atom is 0.417 e. The van der Waals surface area contributed by atoms with Gasteiger partial charge >= 0.3 is 6.18 Å². The third-order valence-electron chi connectivity index (χ3n) is 5.81. The van der Waals surface area contributed by atoms with Gasteiger partial charge < -0.3 is 10.2 Å². The fourth-order valence-corrected chi connectivity index (χ4v) is 5.01. The molecular weight excluding hydrogens is 439 g/mol. The minimum atomic E-state index is -4.53. The van der Waals surface area contributed by atoms with Gasteiger partial charge in [0.05, 0.1) is 27.0 Å². The Kier molecular flexibility index (Phi) is 6.09. The van der Waals surface area contributed by atoms with Gasteiger partial charge in [-0.05, 0) is 32.0 Å².